The lowest BCUT2D eigenvalue weighted by molar-refractivity contribution is -0.703. The van der Waals surface area contributed by atoms with Crippen molar-refractivity contribution in [1.29, 1.82) is 0 Å². The molecule has 3 nitrogen and oxygen atoms in total. The zero-order chi connectivity index (χ0) is 11.3. The fourth-order valence-electron chi connectivity index (χ4n) is 3.97. The Hall–Kier alpha value is -0.120. The summed E-state index contributed by atoms with van der Waals surface area (Å²) in [5.41, 5.74) is 0.317. The van der Waals surface area contributed by atoms with Crippen molar-refractivity contribution >= 4 is 0 Å². The molecule has 0 saturated heterocycles. The maximum absolute atomic E-state index is 10.4. The highest BCUT2D eigenvalue weighted by atomic mass is 16.3. The molecule has 2 saturated carbocycles. The van der Waals surface area contributed by atoms with Crippen molar-refractivity contribution in [2.75, 3.05) is 13.2 Å². The van der Waals surface area contributed by atoms with Gasteiger partial charge in [-0.3, -0.25) is 0 Å². The largest absolute Gasteiger partial charge is 0.391 e. The second kappa shape index (κ2) is 3.44. The minimum atomic E-state index is -0.210. The van der Waals surface area contributed by atoms with E-state index in [0.29, 0.717) is 18.5 Å². The van der Waals surface area contributed by atoms with Gasteiger partial charge in [-0.25, -0.2) is 0 Å². The van der Waals surface area contributed by atoms with Gasteiger partial charge in [0.05, 0.1) is 13.2 Å². The van der Waals surface area contributed by atoms with E-state index in [2.05, 4.69) is 26.1 Å². The highest BCUT2D eigenvalue weighted by Gasteiger charge is 2.67. The molecule has 2 bridgehead atoms. The number of nitrogens with two attached hydrogens (primary N) is 1. The van der Waals surface area contributed by atoms with Crippen LogP contribution in [0.4, 0.5) is 0 Å². The lowest BCUT2D eigenvalue weighted by Gasteiger charge is -2.36. The van der Waals surface area contributed by atoms with E-state index in [0.717, 1.165) is 6.42 Å². The van der Waals surface area contributed by atoms with Crippen molar-refractivity contribution in [1.82, 2.24) is 0 Å². The van der Waals surface area contributed by atoms with Crippen molar-refractivity contribution in [2.45, 2.75) is 45.8 Å². The summed E-state index contributed by atoms with van der Waals surface area (Å²) in [7, 11) is 0. The Morgan fingerprint density at radius 2 is 2.00 bits per heavy atom. The Morgan fingerprint density at radius 1 is 1.33 bits per heavy atom. The third-order valence-electron chi connectivity index (χ3n) is 5.42. The monoisotopic (exact) mass is 214 g/mol. The first-order valence-corrected chi connectivity index (χ1v) is 6.07. The molecule has 4 atom stereocenters. The van der Waals surface area contributed by atoms with Crippen molar-refractivity contribution in [3.05, 3.63) is 0 Å². The third-order valence-corrected chi connectivity index (χ3v) is 5.42. The molecule has 2 fully saturated rings. The van der Waals surface area contributed by atoms with Gasteiger partial charge in [-0.2, -0.15) is 0 Å². The molecule has 2 aliphatic carbocycles. The molecular formula is C12H24NO2+. The number of quaternary nitrogens is 1. The average molecular weight is 214 g/mol. The Balaban J connectivity index is 2.18. The number of aliphatic hydroxyl groups excluding tert-OH is 2. The average Bonchev–Trinajstić information content (AvgIpc) is 2.48. The molecule has 0 radical (unpaired) electrons. The van der Waals surface area contributed by atoms with E-state index in [9.17, 15) is 5.11 Å². The number of aliphatic hydroxyl groups is 2. The molecule has 0 unspecified atom stereocenters. The molecule has 0 aromatic heterocycles. The van der Waals surface area contributed by atoms with Crippen LogP contribution in [-0.4, -0.2) is 35.5 Å². The van der Waals surface area contributed by atoms with Crippen LogP contribution in [0.3, 0.4) is 0 Å². The van der Waals surface area contributed by atoms with Crippen molar-refractivity contribution in [3.8, 4) is 0 Å². The van der Waals surface area contributed by atoms with Crippen LogP contribution in [0.1, 0.15) is 33.6 Å². The summed E-state index contributed by atoms with van der Waals surface area (Å²) in [5, 5.41) is 21.4. The standard InChI is InChI=1S/C12H23NO2/c1-11(2)8-4-5-12(11,3)10(15)9(8)13-6-7-14/h8-10,13-15H,4-7H2,1-3H3/p+1/t8-,9-,10-,12-/m1/s1. The van der Waals surface area contributed by atoms with Crippen LogP contribution in [0, 0.1) is 16.7 Å². The molecule has 15 heavy (non-hydrogen) atoms. The molecule has 3 heteroatoms. The molecular weight excluding hydrogens is 190 g/mol. The smallest absolute Gasteiger partial charge is 0.116 e. The Kier molecular flexibility index (Phi) is 2.61. The van der Waals surface area contributed by atoms with Crippen molar-refractivity contribution in [3.63, 3.8) is 0 Å². The van der Waals surface area contributed by atoms with Gasteiger partial charge in [0, 0.05) is 11.3 Å². The van der Waals surface area contributed by atoms with E-state index in [-0.39, 0.29) is 23.5 Å². The van der Waals surface area contributed by atoms with Crippen LogP contribution in [-0.2, 0) is 0 Å². The van der Waals surface area contributed by atoms with Gasteiger partial charge < -0.3 is 15.5 Å². The van der Waals surface area contributed by atoms with Gasteiger partial charge in [0.25, 0.3) is 0 Å². The van der Waals surface area contributed by atoms with Crippen LogP contribution < -0.4 is 5.32 Å². The highest BCUT2D eigenvalue weighted by Crippen LogP contribution is 2.64. The maximum Gasteiger partial charge on any atom is 0.116 e. The molecule has 0 aromatic rings. The highest BCUT2D eigenvalue weighted by molar-refractivity contribution is 5.14. The summed E-state index contributed by atoms with van der Waals surface area (Å²) < 4.78 is 0. The van der Waals surface area contributed by atoms with Gasteiger partial charge in [-0.05, 0) is 18.3 Å². The topological polar surface area (TPSA) is 57.1 Å². The summed E-state index contributed by atoms with van der Waals surface area (Å²) in [6.45, 7) is 7.73. The molecule has 0 aliphatic heterocycles. The van der Waals surface area contributed by atoms with E-state index in [4.69, 9.17) is 5.11 Å². The molecule has 4 N–H and O–H groups in total. The molecule has 88 valence electrons. The van der Waals surface area contributed by atoms with E-state index in [1.165, 1.54) is 6.42 Å². The molecule has 0 amide bonds. The number of hydrogen-bond donors (Lipinski definition) is 3. The number of rotatable bonds is 3. The van der Waals surface area contributed by atoms with Gasteiger partial charge in [0.1, 0.15) is 12.1 Å². The molecule has 2 aliphatic rings. The van der Waals surface area contributed by atoms with Gasteiger partial charge >= 0.3 is 0 Å². The lowest BCUT2D eigenvalue weighted by atomic mass is 9.70. The lowest BCUT2D eigenvalue weighted by Crippen LogP contribution is -2.94. The zero-order valence-electron chi connectivity index (χ0n) is 10.0. The van der Waals surface area contributed by atoms with Gasteiger partial charge in [-0.1, -0.05) is 20.8 Å². The van der Waals surface area contributed by atoms with E-state index in [1.807, 2.05) is 0 Å². The first-order valence-electron chi connectivity index (χ1n) is 6.07. The zero-order valence-corrected chi connectivity index (χ0v) is 10.0. The summed E-state index contributed by atoms with van der Waals surface area (Å²) >= 11 is 0. The van der Waals surface area contributed by atoms with E-state index < -0.39 is 0 Å². The first kappa shape index (κ1) is 11.4. The number of hydrogen-bond acceptors (Lipinski definition) is 2. The second-order valence-electron chi connectivity index (χ2n) is 6.05. The van der Waals surface area contributed by atoms with Crippen molar-refractivity contribution in [2.24, 2.45) is 16.7 Å². The summed E-state index contributed by atoms with van der Waals surface area (Å²) in [5.74, 6) is 0.601. The quantitative estimate of drug-likeness (QED) is 0.605. The molecule has 0 spiro atoms. The minimum Gasteiger partial charge on any atom is -0.391 e. The first-order chi connectivity index (χ1) is 6.95. The summed E-state index contributed by atoms with van der Waals surface area (Å²) in [4.78, 5) is 0. The second-order valence-corrected chi connectivity index (χ2v) is 6.05. The van der Waals surface area contributed by atoms with Crippen LogP contribution in [0.25, 0.3) is 0 Å². The Labute approximate surface area is 91.9 Å². The van der Waals surface area contributed by atoms with Crippen LogP contribution in [0.5, 0.6) is 0 Å². The van der Waals surface area contributed by atoms with E-state index >= 15 is 0 Å². The third kappa shape index (κ3) is 1.30. The Bertz CT molecular complexity index is 254. The minimum absolute atomic E-state index is 0.0777. The number of fused-ring (bicyclic) bond motifs is 2. The van der Waals surface area contributed by atoms with Crippen LogP contribution in [0.15, 0.2) is 0 Å². The van der Waals surface area contributed by atoms with Gasteiger partial charge in [-0.15, -0.1) is 0 Å². The predicted octanol–water partition coefficient (Wildman–Crippen LogP) is -0.272. The van der Waals surface area contributed by atoms with Crippen molar-refractivity contribution < 1.29 is 15.5 Å². The van der Waals surface area contributed by atoms with Gasteiger partial charge in [0.15, 0.2) is 0 Å². The molecule has 0 aromatic carbocycles. The van der Waals surface area contributed by atoms with E-state index in [1.54, 1.807) is 0 Å². The maximum atomic E-state index is 10.4. The SMILES string of the molecule is CC1(C)[C@@H]2CC[C@]1(C)[C@H](O)[C@@H]2[NH2+]CCO. The normalized spacial score (nSPS) is 47.4. The molecule has 0 heterocycles. The molecule has 2 rings (SSSR count). The summed E-state index contributed by atoms with van der Waals surface area (Å²) in [6.07, 6.45) is 2.17. The fraction of sp³-hybridized carbons (Fsp3) is 1.00. The summed E-state index contributed by atoms with van der Waals surface area (Å²) in [6, 6.07) is 0.297. The van der Waals surface area contributed by atoms with Gasteiger partial charge in [0.2, 0.25) is 0 Å². The fourth-order valence-corrected chi connectivity index (χ4v) is 3.97. The Morgan fingerprint density at radius 3 is 2.47 bits per heavy atom. The predicted molar refractivity (Wildman–Crippen MR) is 58.3 cm³/mol. The van der Waals surface area contributed by atoms with Crippen LogP contribution in [0.2, 0.25) is 0 Å². The van der Waals surface area contributed by atoms with Crippen LogP contribution >= 0.6 is 0 Å².